The van der Waals surface area contributed by atoms with E-state index < -0.39 is 11.8 Å². The van der Waals surface area contributed by atoms with Crippen LogP contribution in [-0.4, -0.2) is 49.0 Å². The van der Waals surface area contributed by atoms with Crippen LogP contribution in [0, 0.1) is 0 Å². The molecule has 0 aliphatic carbocycles. The third-order valence-corrected chi connectivity index (χ3v) is 3.85. The zero-order valence-electron chi connectivity index (χ0n) is 12.6. The number of benzene rings is 1. The van der Waals surface area contributed by atoms with E-state index >= 15 is 0 Å². The number of carbonyl (C=O) groups excluding carboxylic acids is 2. The van der Waals surface area contributed by atoms with Crippen molar-refractivity contribution in [3.63, 3.8) is 0 Å². The first-order valence-corrected chi connectivity index (χ1v) is 9.31. The van der Waals surface area contributed by atoms with Crippen molar-refractivity contribution in [3.8, 4) is 11.5 Å². The fourth-order valence-electron chi connectivity index (χ4n) is 1.65. The highest BCUT2D eigenvalue weighted by Crippen LogP contribution is 2.29. The Hall–Kier alpha value is -1.54. The molecular weight excluding hydrogens is 324 g/mol. The van der Waals surface area contributed by atoms with Gasteiger partial charge in [-0.1, -0.05) is 0 Å². The lowest BCUT2D eigenvalue weighted by Gasteiger charge is -2.15. The minimum absolute atomic E-state index is 0.172. The number of primary amides is 2. The fraction of sp³-hybridized carbons (Fsp3) is 0.429. The van der Waals surface area contributed by atoms with Crippen LogP contribution in [0.5, 0.6) is 11.5 Å². The molecular formula is C14H20N2O4S2. The first kappa shape index (κ1) is 18.5. The predicted molar refractivity (Wildman–Crippen MR) is 91.2 cm³/mol. The Labute approximate surface area is 138 Å². The zero-order valence-corrected chi connectivity index (χ0v) is 14.2. The predicted octanol–water partition coefficient (Wildman–Crippen LogP) is 1.37. The van der Waals surface area contributed by atoms with Gasteiger partial charge in [0.2, 0.25) is 0 Å². The van der Waals surface area contributed by atoms with Gasteiger partial charge >= 0.3 is 0 Å². The summed E-state index contributed by atoms with van der Waals surface area (Å²) in [5.41, 5.74) is 11.1. The number of hydrogen-bond acceptors (Lipinski definition) is 6. The maximum atomic E-state index is 11.6. The maximum absolute atomic E-state index is 11.6. The van der Waals surface area contributed by atoms with Gasteiger partial charge in [0.1, 0.15) is 11.5 Å². The van der Waals surface area contributed by atoms with Crippen LogP contribution >= 0.6 is 23.5 Å². The summed E-state index contributed by atoms with van der Waals surface area (Å²) in [7, 11) is 0. The molecule has 0 atom stereocenters. The van der Waals surface area contributed by atoms with Crippen LogP contribution in [0.4, 0.5) is 0 Å². The van der Waals surface area contributed by atoms with E-state index in [-0.39, 0.29) is 22.6 Å². The number of nitrogens with two attached hydrogens (primary N) is 2. The van der Waals surface area contributed by atoms with Crippen LogP contribution < -0.4 is 20.9 Å². The van der Waals surface area contributed by atoms with Crippen molar-refractivity contribution in [1.82, 2.24) is 0 Å². The Morgan fingerprint density at radius 2 is 1.27 bits per heavy atom. The normalized spacial score (nSPS) is 10.3. The van der Waals surface area contributed by atoms with E-state index in [0.717, 1.165) is 11.5 Å². The summed E-state index contributed by atoms with van der Waals surface area (Å²) in [6.45, 7) is 0.790. The van der Waals surface area contributed by atoms with Crippen molar-refractivity contribution in [2.75, 3.05) is 37.2 Å². The third-order valence-electron chi connectivity index (χ3n) is 2.70. The lowest BCUT2D eigenvalue weighted by Crippen LogP contribution is -2.18. The summed E-state index contributed by atoms with van der Waals surface area (Å²) in [4.78, 5) is 23.2. The van der Waals surface area contributed by atoms with E-state index in [0.29, 0.717) is 13.2 Å². The molecule has 0 spiro atoms. The minimum Gasteiger partial charge on any atom is -0.492 e. The maximum Gasteiger partial charge on any atom is 0.252 e. The molecule has 0 radical (unpaired) electrons. The number of rotatable bonds is 10. The largest absolute Gasteiger partial charge is 0.492 e. The van der Waals surface area contributed by atoms with Crippen LogP contribution in [0.2, 0.25) is 0 Å². The number of carbonyl (C=O) groups is 2. The van der Waals surface area contributed by atoms with E-state index in [1.165, 1.54) is 12.1 Å². The van der Waals surface area contributed by atoms with Gasteiger partial charge in [0.05, 0.1) is 24.3 Å². The topological polar surface area (TPSA) is 105 Å². The molecule has 0 saturated carbocycles. The standard InChI is InChI=1S/C14H20N2O4S2/c1-21-5-3-19-11-7-10(14(16)18)12(20-4-6-22-2)8-9(11)13(15)17/h7-8H,3-6H2,1-2H3,(H2,15,17)(H2,16,18). The van der Waals surface area contributed by atoms with Crippen LogP contribution in [0.25, 0.3) is 0 Å². The molecule has 0 heterocycles. The Balaban J connectivity index is 3.13. The van der Waals surface area contributed by atoms with Crippen LogP contribution in [-0.2, 0) is 0 Å². The van der Waals surface area contributed by atoms with Gasteiger partial charge in [0.15, 0.2) is 0 Å². The molecule has 4 N–H and O–H groups in total. The lowest BCUT2D eigenvalue weighted by atomic mass is 10.1. The first-order valence-electron chi connectivity index (χ1n) is 6.52. The smallest absolute Gasteiger partial charge is 0.252 e. The van der Waals surface area contributed by atoms with Crippen LogP contribution in [0.1, 0.15) is 20.7 Å². The summed E-state index contributed by atoms with van der Waals surface area (Å²) in [5, 5.41) is 0. The van der Waals surface area contributed by atoms with E-state index in [4.69, 9.17) is 20.9 Å². The highest BCUT2D eigenvalue weighted by Gasteiger charge is 2.18. The van der Waals surface area contributed by atoms with Crippen molar-refractivity contribution >= 4 is 35.3 Å². The third kappa shape index (κ3) is 5.34. The summed E-state index contributed by atoms with van der Waals surface area (Å²) in [6.07, 6.45) is 3.88. The molecule has 0 bridgehead atoms. The molecule has 1 rings (SSSR count). The average Bonchev–Trinajstić information content (AvgIpc) is 2.47. The molecule has 2 amide bonds. The summed E-state index contributed by atoms with van der Waals surface area (Å²) in [5.74, 6) is 0.682. The SMILES string of the molecule is CSCCOc1cc(C(N)=O)c(OCCSC)cc1C(N)=O. The second kappa shape index (κ2) is 9.47. The molecule has 0 aliphatic heterocycles. The molecule has 1 aromatic rings. The molecule has 0 aliphatic rings. The number of ether oxygens (including phenoxy) is 2. The van der Waals surface area contributed by atoms with Gasteiger partial charge in [-0.2, -0.15) is 23.5 Å². The van der Waals surface area contributed by atoms with E-state index in [1.807, 2.05) is 12.5 Å². The van der Waals surface area contributed by atoms with Gasteiger partial charge in [-0.3, -0.25) is 9.59 Å². The summed E-state index contributed by atoms with van der Waals surface area (Å²) >= 11 is 3.21. The Bertz CT molecular complexity index is 490. The van der Waals surface area contributed by atoms with Crippen molar-refractivity contribution in [2.45, 2.75) is 0 Å². The molecule has 0 unspecified atom stereocenters. The highest BCUT2D eigenvalue weighted by atomic mass is 32.2. The molecule has 122 valence electrons. The second-order valence-electron chi connectivity index (χ2n) is 4.26. The minimum atomic E-state index is -0.648. The monoisotopic (exact) mass is 344 g/mol. The number of thioether (sulfide) groups is 2. The average molecular weight is 344 g/mol. The van der Waals surface area contributed by atoms with Gasteiger partial charge in [0, 0.05) is 11.5 Å². The number of amides is 2. The molecule has 0 fully saturated rings. The summed E-state index contributed by atoms with van der Waals surface area (Å²) in [6, 6.07) is 2.83. The lowest BCUT2D eigenvalue weighted by molar-refractivity contribution is 0.0981. The van der Waals surface area contributed by atoms with Crippen molar-refractivity contribution in [1.29, 1.82) is 0 Å². The van der Waals surface area contributed by atoms with Gasteiger partial charge in [0.25, 0.3) is 11.8 Å². The Kier molecular flexibility index (Phi) is 7.97. The molecule has 22 heavy (non-hydrogen) atoms. The van der Waals surface area contributed by atoms with Gasteiger partial charge in [-0.15, -0.1) is 0 Å². The molecule has 1 aromatic carbocycles. The van der Waals surface area contributed by atoms with E-state index in [2.05, 4.69) is 0 Å². The highest BCUT2D eigenvalue weighted by molar-refractivity contribution is 7.98. The van der Waals surface area contributed by atoms with Crippen molar-refractivity contribution in [2.24, 2.45) is 11.5 Å². The van der Waals surface area contributed by atoms with Gasteiger partial charge < -0.3 is 20.9 Å². The molecule has 0 saturated heterocycles. The quantitative estimate of drug-likeness (QED) is 0.621. The molecule has 8 heteroatoms. The molecule has 6 nitrogen and oxygen atoms in total. The van der Waals surface area contributed by atoms with Gasteiger partial charge in [-0.25, -0.2) is 0 Å². The van der Waals surface area contributed by atoms with Gasteiger partial charge in [-0.05, 0) is 24.6 Å². The zero-order chi connectivity index (χ0) is 16.5. The van der Waals surface area contributed by atoms with Crippen LogP contribution in [0.15, 0.2) is 12.1 Å². The summed E-state index contributed by atoms with van der Waals surface area (Å²) < 4.78 is 11.0. The fourth-order valence-corrected chi connectivity index (χ4v) is 2.15. The van der Waals surface area contributed by atoms with E-state index in [1.54, 1.807) is 23.5 Å². The van der Waals surface area contributed by atoms with Crippen molar-refractivity contribution in [3.05, 3.63) is 23.3 Å². The Morgan fingerprint density at radius 1 is 0.909 bits per heavy atom. The van der Waals surface area contributed by atoms with Crippen molar-refractivity contribution < 1.29 is 19.1 Å². The van der Waals surface area contributed by atoms with E-state index in [9.17, 15) is 9.59 Å². The molecule has 0 aromatic heterocycles. The van der Waals surface area contributed by atoms with Crippen LogP contribution in [0.3, 0.4) is 0 Å². The Morgan fingerprint density at radius 3 is 1.55 bits per heavy atom. The second-order valence-corrected chi connectivity index (χ2v) is 6.23. The number of hydrogen-bond donors (Lipinski definition) is 2. The first-order chi connectivity index (χ1) is 10.5.